The molecule has 1 nitrogen and oxygen atoms in total. The van der Waals surface area contributed by atoms with Crippen LogP contribution in [0.25, 0.3) is 22.0 Å². The first-order valence-corrected chi connectivity index (χ1v) is 6.55. The van der Waals surface area contributed by atoms with E-state index >= 15 is 0 Å². The van der Waals surface area contributed by atoms with Gasteiger partial charge in [0.25, 0.3) is 0 Å². The maximum absolute atomic E-state index is 12.9. The molecule has 0 radical (unpaired) electrons. The predicted molar refractivity (Wildman–Crippen MR) is 77.2 cm³/mol. The number of nitrogens with zero attached hydrogens (tertiary/aromatic N) is 1. The molecule has 0 spiro atoms. The van der Waals surface area contributed by atoms with Crippen LogP contribution in [0.1, 0.15) is 5.56 Å². The van der Waals surface area contributed by atoms with Gasteiger partial charge in [-0.1, -0.05) is 29.8 Å². The fraction of sp³-hybridized carbons (Fsp3) is 0.0625. The zero-order chi connectivity index (χ0) is 15.0. The highest BCUT2D eigenvalue weighted by Crippen LogP contribution is 2.37. The molecule has 3 rings (SSSR count). The third kappa shape index (κ3) is 2.72. The fourth-order valence-corrected chi connectivity index (χ4v) is 2.40. The van der Waals surface area contributed by atoms with Crippen LogP contribution in [0.4, 0.5) is 13.2 Å². The van der Waals surface area contributed by atoms with Crippen molar-refractivity contribution in [3.8, 4) is 11.1 Å². The van der Waals surface area contributed by atoms with Crippen LogP contribution in [0.3, 0.4) is 0 Å². The average Bonchev–Trinajstić information content (AvgIpc) is 2.46. The second-order valence-electron chi connectivity index (χ2n) is 4.60. The van der Waals surface area contributed by atoms with Gasteiger partial charge < -0.3 is 0 Å². The smallest absolute Gasteiger partial charge is 0.256 e. The summed E-state index contributed by atoms with van der Waals surface area (Å²) in [6, 6.07) is 12.9. The molecule has 1 aromatic heterocycles. The van der Waals surface area contributed by atoms with Crippen LogP contribution in [-0.4, -0.2) is 4.98 Å². The third-order valence-corrected chi connectivity index (χ3v) is 3.54. The molecule has 0 amide bonds. The largest absolute Gasteiger partial charge is 0.417 e. The molecule has 0 aliphatic carbocycles. The standard InChI is InChI=1S/C16H9ClF3N/c17-14-5-3-11(9-13(14)16(18,19)20)10-4-6-15-12(8-10)2-1-7-21-15/h1-9H. The Labute approximate surface area is 124 Å². The van der Waals surface area contributed by atoms with E-state index < -0.39 is 11.7 Å². The molecule has 0 unspecified atom stereocenters. The summed E-state index contributed by atoms with van der Waals surface area (Å²) < 4.78 is 38.7. The normalized spacial score (nSPS) is 11.8. The molecular formula is C16H9ClF3N. The fourth-order valence-electron chi connectivity index (χ4n) is 2.18. The first kappa shape index (κ1) is 13.9. The maximum atomic E-state index is 12.9. The van der Waals surface area contributed by atoms with Gasteiger partial charge >= 0.3 is 6.18 Å². The monoisotopic (exact) mass is 307 g/mol. The molecule has 0 saturated heterocycles. The van der Waals surface area contributed by atoms with Crippen LogP contribution >= 0.6 is 11.6 Å². The van der Waals surface area contributed by atoms with Gasteiger partial charge in [-0.25, -0.2) is 0 Å². The van der Waals surface area contributed by atoms with Crippen molar-refractivity contribution in [2.75, 3.05) is 0 Å². The van der Waals surface area contributed by atoms with Crippen molar-refractivity contribution < 1.29 is 13.2 Å². The third-order valence-electron chi connectivity index (χ3n) is 3.21. The highest BCUT2D eigenvalue weighted by atomic mass is 35.5. The van der Waals surface area contributed by atoms with Crippen LogP contribution in [0, 0.1) is 0 Å². The molecule has 21 heavy (non-hydrogen) atoms. The topological polar surface area (TPSA) is 12.9 Å². The first-order valence-electron chi connectivity index (χ1n) is 6.17. The van der Waals surface area contributed by atoms with Crippen molar-refractivity contribution >= 4 is 22.5 Å². The number of rotatable bonds is 1. The highest BCUT2D eigenvalue weighted by Gasteiger charge is 2.33. The highest BCUT2D eigenvalue weighted by molar-refractivity contribution is 6.31. The molecule has 0 bridgehead atoms. The van der Waals surface area contributed by atoms with Crippen molar-refractivity contribution in [1.29, 1.82) is 0 Å². The van der Waals surface area contributed by atoms with Gasteiger partial charge in [-0.2, -0.15) is 13.2 Å². The Morgan fingerprint density at radius 2 is 1.62 bits per heavy atom. The number of aromatic nitrogens is 1. The van der Waals surface area contributed by atoms with Gasteiger partial charge in [0.15, 0.2) is 0 Å². The quantitative estimate of drug-likeness (QED) is 0.572. The zero-order valence-corrected chi connectivity index (χ0v) is 11.4. The van der Waals surface area contributed by atoms with Crippen molar-refractivity contribution in [2.45, 2.75) is 6.18 Å². The Morgan fingerprint density at radius 3 is 2.38 bits per heavy atom. The first-order chi connectivity index (χ1) is 9.95. The number of benzene rings is 2. The van der Waals surface area contributed by atoms with Gasteiger partial charge in [0.2, 0.25) is 0 Å². The molecule has 2 aromatic carbocycles. The predicted octanol–water partition coefficient (Wildman–Crippen LogP) is 5.57. The van der Waals surface area contributed by atoms with Crippen molar-refractivity contribution in [2.24, 2.45) is 0 Å². The number of halogens is 4. The lowest BCUT2D eigenvalue weighted by atomic mass is 10.0. The van der Waals surface area contributed by atoms with Gasteiger partial charge in [-0.05, 0) is 41.5 Å². The molecule has 0 atom stereocenters. The van der Waals surface area contributed by atoms with E-state index in [4.69, 9.17) is 11.6 Å². The van der Waals surface area contributed by atoms with Crippen molar-refractivity contribution in [3.63, 3.8) is 0 Å². The minimum absolute atomic E-state index is 0.297. The lowest BCUT2D eigenvalue weighted by Crippen LogP contribution is -2.05. The lowest BCUT2D eigenvalue weighted by Gasteiger charge is -2.11. The van der Waals surface area contributed by atoms with E-state index in [9.17, 15) is 13.2 Å². The number of alkyl halides is 3. The van der Waals surface area contributed by atoms with Gasteiger partial charge in [0.05, 0.1) is 16.1 Å². The summed E-state index contributed by atoms with van der Waals surface area (Å²) in [7, 11) is 0. The Balaban J connectivity index is 2.14. The molecular weight excluding hydrogens is 299 g/mol. The van der Waals surface area contributed by atoms with E-state index in [0.29, 0.717) is 11.1 Å². The number of hydrogen-bond acceptors (Lipinski definition) is 1. The van der Waals surface area contributed by atoms with E-state index in [-0.39, 0.29) is 5.02 Å². The van der Waals surface area contributed by atoms with Gasteiger partial charge in [0, 0.05) is 11.6 Å². The minimum Gasteiger partial charge on any atom is -0.256 e. The number of pyridine rings is 1. The molecule has 0 N–H and O–H groups in total. The lowest BCUT2D eigenvalue weighted by molar-refractivity contribution is -0.137. The van der Waals surface area contributed by atoms with Crippen LogP contribution < -0.4 is 0 Å². The van der Waals surface area contributed by atoms with Gasteiger partial charge in [-0.3, -0.25) is 4.98 Å². The maximum Gasteiger partial charge on any atom is 0.417 e. The summed E-state index contributed by atoms with van der Waals surface area (Å²) in [5.41, 5.74) is 1.13. The van der Waals surface area contributed by atoms with Crippen LogP contribution in [-0.2, 0) is 6.18 Å². The summed E-state index contributed by atoms with van der Waals surface area (Å²) in [6.07, 6.45) is -2.79. The van der Waals surface area contributed by atoms with Crippen LogP contribution in [0.2, 0.25) is 5.02 Å². The molecule has 3 aromatic rings. The van der Waals surface area contributed by atoms with E-state index in [1.807, 2.05) is 12.1 Å². The molecule has 0 saturated carbocycles. The van der Waals surface area contributed by atoms with E-state index in [0.717, 1.165) is 17.0 Å². The second kappa shape index (κ2) is 5.04. The summed E-state index contributed by atoms with van der Waals surface area (Å²) in [5.74, 6) is 0. The Kier molecular flexibility index (Phi) is 3.33. The number of hydrogen-bond donors (Lipinski definition) is 0. The molecule has 0 aliphatic rings. The van der Waals surface area contributed by atoms with Gasteiger partial charge in [0.1, 0.15) is 0 Å². The van der Waals surface area contributed by atoms with E-state index in [2.05, 4.69) is 4.98 Å². The Morgan fingerprint density at radius 1 is 0.905 bits per heavy atom. The Bertz CT molecular complexity index is 812. The molecule has 0 fully saturated rings. The van der Waals surface area contributed by atoms with Gasteiger partial charge in [-0.15, -0.1) is 0 Å². The number of fused-ring (bicyclic) bond motifs is 1. The zero-order valence-electron chi connectivity index (χ0n) is 10.7. The van der Waals surface area contributed by atoms with Crippen LogP contribution in [0.5, 0.6) is 0 Å². The summed E-state index contributed by atoms with van der Waals surface area (Å²) in [4.78, 5) is 4.19. The van der Waals surface area contributed by atoms with E-state index in [1.165, 1.54) is 6.07 Å². The van der Waals surface area contributed by atoms with Crippen LogP contribution in [0.15, 0.2) is 54.7 Å². The molecule has 5 heteroatoms. The second-order valence-corrected chi connectivity index (χ2v) is 5.01. The Hall–Kier alpha value is -2.07. The van der Waals surface area contributed by atoms with E-state index in [1.54, 1.807) is 30.5 Å². The molecule has 106 valence electrons. The summed E-state index contributed by atoms with van der Waals surface area (Å²) in [6.45, 7) is 0. The molecule has 0 aliphatic heterocycles. The summed E-state index contributed by atoms with van der Waals surface area (Å²) in [5, 5.41) is 0.576. The molecule has 1 heterocycles. The average molecular weight is 308 g/mol. The van der Waals surface area contributed by atoms with Crippen molar-refractivity contribution in [1.82, 2.24) is 4.98 Å². The van der Waals surface area contributed by atoms with Crippen molar-refractivity contribution in [3.05, 3.63) is 65.3 Å². The minimum atomic E-state index is -4.47. The SMILES string of the molecule is FC(F)(F)c1cc(-c2ccc3ncccc3c2)ccc1Cl. The summed E-state index contributed by atoms with van der Waals surface area (Å²) >= 11 is 5.63.